The molecule has 2 aromatic carbocycles. The van der Waals surface area contributed by atoms with Gasteiger partial charge in [0.05, 0.1) is 4.90 Å². The molecule has 6 heteroatoms. The van der Waals surface area contributed by atoms with Crippen LogP contribution in [0.3, 0.4) is 0 Å². The van der Waals surface area contributed by atoms with E-state index in [9.17, 15) is 8.42 Å². The maximum atomic E-state index is 12.2. The first-order valence-electron chi connectivity index (χ1n) is 5.31. The summed E-state index contributed by atoms with van der Waals surface area (Å²) in [6, 6.07) is 15.1. The molecule has 0 aliphatic carbocycles. The van der Waals surface area contributed by atoms with E-state index in [-0.39, 0.29) is 4.90 Å². The minimum absolute atomic E-state index is 0.172. The largest absolute Gasteiger partial charge is 0.299 e. The lowest BCUT2D eigenvalue weighted by Gasteiger charge is -2.01. The Morgan fingerprint density at radius 1 is 0.778 bits per heavy atom. The topological polar surface area (TPSA) is 64.8 Å². The molecule has 18 heavy (non-hydrogen) atoms. The van der Waals surface area contributed by atoms with E-state index >= 15 is 0 Å². The summed E-state index contributed by atoms with van der Waals surface area (Å²) in [4.78, 5) is 0.172. The number of aromatic nitrogens is 3. The van der Waals surface area contributed by atoms with Crippen molar-refractivity contribution in [2.75, 3.05) is 0 Å². The summed E-state index contributed by atoms with van der Waals surface area (Å²) >= 11 is 0. The second-order valence-corrected chi connectivity index (χ2v) is 5.48. The molecule has 1 aromatic heterocycles. The van der Waals surface area contributed by atoms with Crippen LogP contribution >= 0.6 is 0 Å². The Morgan fingerprint density at radius 2 is 1.28 bits per heavy atom. The Kier molecular flexibility index (Phi) is 2.38. The fourth-order valence-corrected chi connectivity index (χ4v) is 2.71. The van der Waals surface area contributed by atoms with E-state index in [1.54, 1.807) is 42.5 Å². The van der Waals surface area contributed by atoms with Gasteiger partial charge in [-0.3, -0.25) is 0 Å². The van der Waals surface area contributed by atoms with Gasteiger partial charge in [0.25, 0.3) is 10.0 Å². The van der Waals surface area contributed by atoms with Gasteiger partial charge in [-0.25, -0.2) is 0 Å². The molecule has 0 unspecified atom stereocenters. The van der Waals surface area contributed by atoms with Crippen molar-refractivity contribution in [3.8, 4) is 0 Å². The highest BCUT2D eigenvalue weighted by Gasteiger charge is 2.19. The van der Waals surface area contributed by atoms with E-state index in [0.717, 1.165) is 4.20 Å². The first-order chi connectivity index (χ1) is 8.68. The summed E-state index contributed by atoms with van der Waals surface area (Å²) in [5.74, 6) is 0. The van der Waals surface area contributed by atoms with Crippen molar-refractivity contribution in [1.82, 2.24) is 14.4 Å². The summed E-state index contributed by atoms with van der Waals surface area (Å²) in [5, 5.41) is 7.96. The zero-order valence-corrected chi connectivity index (χ0v) is 10.1. The molecule has 0 radical (unpaired) electrons. The highest BCUT2D eigenvalue weighted by atomic mass is 32.2. The quantitative estimate of drug-likeness (QED) is 0.702. The van der Waals surface area contributed by atoms with Gasteiger partial charge < -0.3 is 0 Å². The van der Waals surface area contributed by atoms with E-state index in [2.05, 4.69) is 10.2 Å². The van der Waals surface area contributed by atoms with Crippen molar-refractivity contribution in [2.24, 2.45) is 0 Å². The summed E-state index contributed by atoms with van der Waals surface area (Å²) in [6.07, 6.45) is 0. The van der Waals surface area contributed by atoms with Gasteiger partial charge in [0.1, 0.15) is 11.0 Å². The Bertz CT molecular complexity index is 761. The fraction of sp³-hybridized carbons (Fsp3) is 0. The minimum Gasteiger partial charge on any atom is -0.198 e. The molecule has 3 rings (SSSR count). The summed E-state index contributed by atoms with van der Waals surface area (Å²) in [5.41, 5.74) is 1.11. The van der Waals surface area contributed by atoms with Crippen molar-refractivity contribution < 1.29 is 8.42 Å². The van der Waals surface area contributed by atoms with Crippen LogP contribution in [0.4, 0.5) is 0 Å². The van der Waals surface area contributed by atoms with E-state index in [4.69, 9.17) is 0 Å². The zero-order valence-electron chi connectivity index (χ0n) is 9.26. The van der Waals surface area contributed by atoms with Crippen molar-refractivity contribution in [2.45, 2.75) is 4.90 Å². The molecule has 0 saturated carbocycles. The molecule has 0 aliphatic heterocycles. The molecule has 0 aliphatic rings. The molecule has 0 bridgehead atoms. The molecule has 0 atom stereocenters. The Labute approximate surface area is 104 Å². The second kappa shape index (κ2) is 3.92. The van der Waals surface area contributed by atoms with Crippen LogP contribution < -0.4 is 0 Å². The van der Waals surface area contributed by atoms with E-state index in [0.29, 0.717) is 11.0 Å². The first kappa shape index (κ1) is 10.9. The van der Waals surface area contributed by atoms with Gasteiger partial charge in [0.15, 0.2) is 0 Å². The van der Waals surface area contributed by atoms with Crippen LogP contribution in [0.15, 0.2) is 59.5 Å². The third-order valence-electron chi connectivity index (χ3n) is 2.52. The van der Waals surface area contributed by atoms with Crippen molar-refractivity contribution >= 4 is 21.1 Å². The van der Waals surface area contributed by atoms with Crippen LogP contribution in [0.5, 0.6) is 0 Å². The van der Waals surface area contributed by atoms with Crippen molar-refractivity contribution in [1.29, 1.82) is 0 Å². The van der Waals surface area contributed by atoms with Gasteiger partial charge in [0.2, 0.25) is 0 Å². The standard InChI is InChI=1S/C12H9N3O2S/c16-18(17,10-6-2-1-3-7-10)15-13-11-8-4-5-9-12(11)14-15/h1-9H. The number of rotatable bonds is 2. The number of nitrogens with zero attached hydrogens (tertiary/aromatic N) is 3. The van der Waals surface area contributed by atoms with E-state index in [1.165, 1.54) is 12.1 Å². The maximum Gasteiger partial charge on any atom is 0.299 e. The summed E-state index contributed by atoms with van der Waals surface area (Å²) in [6.45, 7) is 0. The minimum atomic E-state index is -3.71. The van der Waals surface area contributed by atoms with E-state index < -0.39 is 10.0 Å². The number of benzene rings is 2. The van der Waals surface area contributed by atoms with Gasteiger partial charge >= 0.3 is 0 Å². The Balaban J connectivity index is 2.20. The van der Waals surface area contributed by atoms with Crippen LogP contribution in [0, 0.1) is 0 Å². The highest BCUT2D eigenvalue weighted by molar-refractivity contribution is 7.89. The smallest absolute Gasteiger partial charge is 0.198 e. The second-order valence-electron chi connectivity index (χ2n) is 3.73. The normalized spacial score (nSPS) is 11.8. The molecule has 0 amide bonds. The molecular weight excluding hydrogens is 250 g/mol. The van der Waals surface area contributed by atoms with E-state index in [1.807, 2.05) is 0 Å². The molecule has 90 valence electrons. The molecular formula is C12H9N3O2S. The van der Waals surface area contributed by atoms with Gasteiger partial charge in [-0.2, -0.15) is 8.42 Å². The predicted molar refractivity (Wildman–Crippen MR) is 66.6 cm³/mol. The van der Waals surface area contributed by atoms with Crippen LogP contribution in [-0.2, 0) is 10.0 Å². The van der Waals surface area contributed by atoms with Crippen molar-refractivity contribution in [3.05, 3.63) is 54.6 Å². The number of hydrogen-bond acceptors (Lipinski definition) is 4. The third kappa shape index (κ3) is 1.67. The molecule has 5 nitrogen and oxygen atoms in total. The van der Waals surface area contributed by atoms with Gasteiger partial charge in [-0.05, 0) is 24.3 Å². The van der Waals surface area contributed by atoms with Gasteiger partial charge in [0, 0.05) is 0 Å². The maximum absolute atomic E-state index is 12.2. The molecule has 3 aromatic rings. The Morgan fingerprint density at radius 3 is 1.83 bits per heavy atom. The fourth-order valence-electron chi connectivity index (χ4n) is 1.63. The summed E-state index contributed by atoms with van der Waals surface area (Å²) < 4.78 is 25.3. The third-order valence-corrected chi connectivity index (χ3v) is 3.99. The summed E-state index contributed by atoms with van der Waals surface area (Å²) in [7, 11) is -3.71. The highest BCUT2D eigenvalue weighted by Crippen LogP contribution is 2.14. The predicted octanol–water partition coefficient (Wildman–Crippen LogP) is 1.67. The molecule has 1 heterocycles. The lowest BCUT2D eigenvalue weighted by atomic mass is 10.3. The molecule has 0 N–H and O–H groups in total. The molecule has 0 spiro atoms. The SMILES string of the molecule is O=S(=O)(c1ccccc1)n1nc2ccccc2n1. The van der Waals surface area contributed by atoms with Crippen LogP contribution in [0.25, 0.3) is 11.0 Å². The lowest BCUT2D eigenvalue weighted by Crippen LogP contribution is -2.15. The zero-order chi connectivity index (χ0) is 12.6. The average molecular weight is 259 g/mol. The van der Waals surface area contributed by atoms with Gasteiger partial charge in [-0.15, -0.1) is 10.2 Å². The first-order valence-corrected chi connectivity index (χ1v) is 6.75. The van der Waals surface area contributed by atoms with Crippen LogP contribution in [-0.4, -0.2) is 22.8 Å². The van der Waals surface area contributed by atoms with Gasteiger partial charge in [-0.1, -0.05) is 34.5 Å². The van der Waals surface area contributed by atoms with Crippen molar-refractivity contribution in [3.63, 3.8) is 0 Å². The number of hydrogen-bond donors (Lipinski definition) is 0. The van der Waals surface area contributed by atoms with Crippen LogP contribution in [0.1, 0.15) is 0 Å². The molecule has 0 fully saturated rings. The molecule has 0 saturated heterocycles. The monoisotopic (exact) mass is 259 g/mol. The lowest BCUT2D eigenvalue weighted by molar-refractivity contribution is 0.570. The Hall–Kier alpha value is -2.21. The average Bonchev–Trinajstić information content (AvgIpc) is 2.84. The van der Waals surface area contributed by atoms with Crippen LogP contribution in [0.2, 0.25) is 0 Å². The number of fused-ring (bicyclic) bond motifs is 1.